The number of benzene rings is 1. The van der Waals surface area contributed by atoms with Crippen molar-refractivity contribution in [1.82, 2.24) is 19.8 Å². The van der Waals surface area contributed by atoms with Crippen molar-refractivity contribution in [2.75, 3.05) is 18.6 Å². The van der Waals surface area contributed by atoms with Gasteiger partial charge in [-0.2, -0.15) is 0 Å². The largest absolute Gasteiger partial charge is 0.340 e. The number of nitrogen functional groups attached to an aromatic ring is 1. The molecule has 0 spiro atoms. The number of carbonyl (C=O) groups is 1. The fraction of sp³-hybridized carbons (Fsp3) is 0.235. The van der Waals surface area contributed by atoms with Gasteiger partial charge < -0.3 is 10.7 Å². The third-order valence-corrected chi connectivity index (χ3v) is 5.89. The Morgan fingerprint density at radius 3 is 2.65 bits per heavy atom. The van der Waals surface area contributed by atoms with Crippen molar-refractivity contribution in [3.63, 3.8) is 0 Å². The molecule has 0 bridgehead atoms. The summed E-state index contributed by atoms with van der Waals surface area (Å²) in [6.07, 6.45) is 0. The van der Waals surface area contributed by atoms with Gasteiger partial charge in [0.15, 0.2) is 5.82 Å². The molecule has 0 saturated heterocycles. The first-order valence-corrected chi connectivity index (χ1v) is 10.0. The predicted molar refractivity (Wildman–Crippen MR) is 107 cm³/mol. The smallest absolute Gasteiger partial charge is 0.233 e. The minimum absolute atomic E-state index is 0.0144. The minimum Gasteiger partial charge on any atom is -0.340 e. The lowest BCUT2D eigenvalue weighted by Crippen LogP contribution is -2.27. The Morgan fingerprint density at radius 1 is 1.27 bits per heavy atom. The van der Waals surface area contributed by atoms with Crippen molar-refractivity contribution in [3.05, 3.63) is 51.2 Å². The van der Waals surface area contributed by atoms with E-state index in [-0.39, 0.29) is 11.7 Å². The van der Waals surface area contributed by atoms with E-state index in [4.69, 9.17) is 17.4 Å². The quantitative estimate of drug-likeness (QED) is 0.500. The number of hydrogen-bond donors (Lipinski definition) is 1. The zero-order chi connectivity index (χ0) is 18.7. The first-order chi connectivity index (χ1) is 12.4. The van der Waals surface area contributed by atoms with Gasteiger partial charge in [-0.25, -0.2) is 4.68 Å². The molecule has 0 fully saturated rings. The molecule has 3 rings (SSSR count). The molecule has 1 aromatic carbocycles. The van der Waals surface area contributed by atoms with Crippen molar-refractivity contribution in [2.24, 2.45) is 0 Å². The van der Waals surface area contributed by atoms with Crippen LogP contribution in [0.1, 0.15) is 10.4 Å². The SMILES string of the molecule is Cc1ccc(-c2nnc(SCC(=O)N(C)Cc3ccc(Cl)s3)n2N)cc1. The molecular formula is C17H18ClN5OS2. The van der Waals surface area contributed by atoms with Gasteiger partial charge in [-0.15, -0.1) is 21.5 Å². The maximum Gasteiger partial charge on any atom is 0.233 e. The molecule has 0 unspecified atom stereocenters. The second kappa shape index (κ2) is 8.11. The van der Waals surface area contributed by atoms with Crippen LogP contribution in [0.15, 0.2) is 41.6 Å². The van der Waals surface area contributed by atoms with Gasteiger partial charge in [-0.3, -0.25) is 4.79 Å². The lowest BCUT2D eigenvalue weighted by molar-refractivity contribution is -0.127. The van der Waals surface area contributed by atoms with Crippen LogP contribution < -0.4 is 5.84 Å². The van der Waals surface area contributed by atoms with E-state index in [2.05, 4.69) is 10.2 Å². The summed E-state index contributed by atoms with van der Waals surface area (Å²) in [5.41, 5.74) is 2.04. The molecule has 26 heavy (non-hydrogen) atoms. The molecule has 0 aliphatic heterocycles. The van der Waals surface area contributed by atoms with E-state index in [1.807, 2.05) is 43.3 Å². The van der Waals surface area contributed by atoms with E-state index >= 15 is 0 Å². The number of carbonyl (C=O) groups excluding carboxylic acids is 1. The minimum atomic E-state index is -0.0144. The Labute approximate surface area is 164 Å². The average Bonchev–Trinajstić information content (AvgIpc) is 3.19. The maximum absolute atomic E-state index is 12.3. The molecular weight excluding hydrogens is 390 g/mol. The summed E-state index contributed by atoms with van der Waals surface area (Å²) in [5.74, 6) is 6.89. The van der Waals surface area contributed by atoms with Crippen molar-refractivity contribution in [3.8, 4) is 11.4 Å². The second-order valence-electron chi connectivity index (χ2n) is 5.79. The molecule has 9 heteroatoms. The molecule has 2 N–H and O–H groups in total. The molecule has 2 heterocycles. The third-order valence-electron chi connectivity index (χ3n) is 3.75. The number of thiophene rings is 1. The Bertz CT molecular complexity index is 906. The summed E-state index contributed by atoms with van der Waals surface area (Å²) in [6.45, 7) is 2.55. The number of thioether (sulfide) groups is 1. The number of aryl methyl sites for hydroxylation is 1. The highest BCUT2D eigenvalue weighted by molar-refractivity contribution is 7.99. The summed E-state index contributed by atoms with van der Waals surface area (Å²) in [5, 5.41) is 8.74. The third kappa shape index (κ3) is 4.38. The summed E-state index contributed by atoms with van der Waals surface area (Å²) in [4.78, 5) is 15.0. The van der Waals surface area contributed by atoms with Crippen LogP contribution in [0.25, 0.3) is 11.4 Å². The van der Waals surface area contributed by atoms with Gasteiger partial charge in [0.05, 0.1) is 16.6 Å². The predicted octanol–water partition coefficient (Wildman–Crippen LogP) is 3.43. The number of nitrogens with zero attached hydrogens (tertiary/aromatic N) is 4. The van der Waals surface area contributed by atoms with Crippen LogP contribution in [-0.2, 0) is 11.3 Å². The van der Waals surface area contributed by atoms with Gasteiger partial charge in [0.2, 0.25) is 11.1 Å². The summed E-state index contributed by atoms with van der Waals surface area (Å²) in [6, 6.07) is 11.6. The molecule has 2 aromatic heterocycles. The molecule has 0 atom stereocenters. The number of aromatic nitrogens is 3. The zero-order valence-corrected chi connectivity index (χ0v) is 16.7. The highest BCUT2D eigenvalue weighted by Gasteiger charge is 2.16. The Hall–Kier alpha value is -2.03. The summed E-state index contributed by atoms with van der Waals surface area (Å²) < 4.78 is 2.14. The number of hydrogen-bond acceptors (Lipinski definition) is 6. The number of halogens is 1. The van der Waals surface area contributed by atoms with E-state index in [9.17, 15) is 4.79 Å². The van der Waals surface area contributed by atoms with Crippen LogP contribution in [0.4, 0.5) is 0 Å². The van der Waals surface area contributed by atoms with E-state index in [0.717, 1.165) is 20.3 Å². The van der Waals surface area contributed by atoms with Crippen molar-refractivity contribution >= 4 is 40.6 Å². The molecule has 0 radical (unpaired) electrons. The van der Waals surface area contributed by atoms with Crippen LogP contribution in [-0.4, -0.2) is 38.5 Å². The standard InChI is InChI=1S/C17H18ClN5OS2/c1-11-3-5-12(6-4-11)16-20-21-17(23(16)19)25-10-15(24)22(2)9-13-7-8-14(18)26-13/h3-8H,9-10,19H2,1-2H3. The highest BCUT2D eigenvalue weighted by atomic mass is 35.5. The second-order valence-corrected chi connectivity index (χ2v) is 8.53. The van der Waals surface area contributed by atoms with Crippen LogP contribution in [0.3, 0.4) is 0 Å². The maximum atomic E-state index is 12.3. The van der Waals surface area contributed by atoms with Gasteiger partial charge >= 0.3 is 0 Å². The summed E-state index contributed by atoms with van der Waals surface area (Å²) >= 11 is 8.66. The molecule has 3 aromatic rings. The monoisotopic (exact) mass is 407 g/mol. The number of amides is 1. The number of rotatable bonds is 6. The van der Waals surface area contributed by atoms with Crippen LogP contribution >= 0.6 is 34.7 Å². The Kier molecular flexibility index (Phi) is 5.85. The van der Waals surface area contributed by atoms with Crippen LogP contribution in [0.5, 0.6) is 0 Å². The van der Waals surface area contributed by atoms with Crippen molar-refractivity contribution in [2.45, 2.75) is 18.6 Å². The van der Waals surface area contributed by atoms with Crippen molar-refractivity contribution in [1.29, 1.82) is 0 Å². The number of nitrogens with two attached hydrogens (primary N) is 1. The topological polar surface area (TPSA) is 77.0 Å². The van der Waals surface area contributed by atoms with E-state index < -0.39 is 0 Å². The van der Waals surface area contributed by atoms with Crippen molar-refractivity contribution < 1.29 is 4.79 Å². The fourth-order valence-corrected chi connectivity index (χ4v) is 4.21. The van der Waals surface area contributed by atoms with E-state index in [1.54, 1.807) is 11.9 Å². The van der Waals surface area contributed by atoms with Gasteiger partial charge in [-0.05, 0) is 19.1 Å². The molecule has 0 saturated carbocycles. The average molecular weight is 408 g/mol. The first kappa shape index (κ1) is 18.8. The van der Waals surface area contributed by atoms with Gasteiger partial charge in [-0.1, -0.05) is 53.2 Å². The van der Waals surface area contributed by atoms with Gasteiger partial charge in [0, 0.05) is 17.5 Å². The van der Waals surface area contributed by atoms with Crippen LogP contribution in [0.2, 0.25) is 4.34 Å². The molecule has 1 amide bonds. The fourth-order valence-electron chi connectivity index (χ4n) is 2.27. The molecule has 136 valence electrons. The van der Waals surface area contributed by atoms with Crippen LogP contribution in [0, 0.1) is 6.92 Å². The summed E-state index contributed by atoms with van der Waals surface area (Å²) in [7, 11) is 1.77. The van der Waals surface area contributed by atoms with E-state index in [0.29, 0.717) is 17.5 Å². The Morgan fingerprint density at radius 2 is 2.00 bits per heavy atom. The molecule has 6 nitrogen and oxygen atoms in total. The van der Waals surface area contributed by atoms with Gasteiger partial charge in [0.25, 0.3) is 0 Å². The zero-order valence-electron chi connectivity index (χ0n) is 14.3. The lowest BCUT2D eigenvalue weighted by atomic mass is 10.1. The molecule has 0 aliphatic carbocycles. The highest BCUT2D eigenvalue weighted by Crippen LogP contribution is 2.24. The van der Waals surface area contributed by atoms with E-state index in [1.165, 1.54) is 27.8 Å². The normalized spacial score (nSPS) is 10.9. The Balaban J connectivity index is 1.61. The first-order valence-electron chi connectivity index (χ1n) is 7.82. The molecule has 0 aliphatic rings. The van der Waals surface area contributed by atoms with Gasteiger partial charge in [0.1, 0.15) is 0 Å². The lowest BCUT2D eigenvalue weighted by Gasteiger charge is -2.15.